The third kappa shape index (κ3) is 2.66. The summed E-state index contributed by atoms with van der Waals surface area (Å²) < 4.78 is 5.39. The van der Waals surface area contributed by atoms with Crippen molar-refractivity contribution >= 4 is 11.6 Å². The van der Waals surface area contributed by atoms with E-state index in [0.29, 0.717) is 6.54 Å². The number of hydrogen-bond donors (Lipinski definition) is 1. The summed E-state index contributed by atoms with van der Waals surface area (Å²) >= 11 is 6.03. The van der Waals surface area contributed by atoms with Crippen molar-refractivity contribution in [3.8, 4) is 5.75 Å². The van der Waals surface area contributed by atoms with Gasteiger partial charge in [-0.2, -0.15) is 0 Å². The zero-order chi connectivity index (χ0) is 13.0. The van der Waals surface area contributed by atoms with E-state index in [0.717, 1.165) is 21.9 Å². The molecule has 18 heavy (non-hydrogen) atoms. The van der Waals surface area contributed by atoms with Crippen LogP contribution in [0, 0.1) is 0 Å². The Bertz CT molecular complexity index is 527. The predicted molar refractivity (Wildman–Crippen MR) is 75.3 cm³/mol. The van der Waals surface area contributed by atoms with Crippen LogP contribution in [0.2, 0.25) is 5.02 Å². The molecule has 0 amide bonds. The van der Waals surface area contributed by atoms with Gasteiger partial charge < -0.3 is 10.5 Å². The quantitative estimate of drug-likeness (QED) is 0.915. The zero-order valence-electron chi connectivity index (χ0n) is 10.3. The first-order valence-corrected chi connectivity index (χ1v) is 6.22. The molecule has 0 aromatic heterocycles. The predicted octanol–water partition coefficient (Wildman–Crippen LogP) is 3.44. The molecule has 0 heterocycles. The molecule has 0 aliphatic carbocycles. The minimum absolute atomic E-state index is 0.0971. The van der Waals surface area contributed by atoms with E-state index in [4.69, 9.17) is 22.1 Å². The maximum Gasteiger partial charge on any atom is 0.122 e. The molecule has 94 valence electrons. The summed E-state index contributed by atoms with van der Waals surface area (Å²) in [6.07, 6.45) is 0. The number of halogens is 1. The fourth-order valence-corrected chi connectivity index (χ4v) is 2.32. The van der Waals surface area contributed by atoms with E-state index in [1.165, 1.54) is 0 Å². The second kappa shape index (κ2) is 5.89. The molecule has 0 radical (unpaired) electrons. The van der Waals surface area contributed by atoms with Crippen molar-refractivity contribution in [2.45, 2.75) is 5.92 Å². The first kappa shape index (κ1) is 12.9. The average Bonchev–Trinajstić information content (AvgIpc) is 2.40. The van der Waals surface area contributed by atoms with Crippen molar-refractivity contribution in [2.24, 2.45) is 5.73 Å². The smallest absolute Gasteiger partial charge is 0.122 e. The van der Waals surface area contributed by atoms with Crippen LogP contribution in [0.1, 0.15) is 17.0 Å². The van der Waals surface area contributed by atoms with Crippen LogP contribution in [0.15, 0.2) is 48.5 Å². The summed E-state index contributed by atoms with van der Waals surface area (Å²) in [7, 11) is 1.67. The van der Waals surface area contributed by atoms with Crippen LogP contribution in [0.3, 0.4) is 0 Å². The van der Waals surface area contributed by atoms with Gasteiger partial charge >= 0.3 is 0 Å². The molecule has 2 rings (SSSR count). The molecule has 0 saturated heterocycles. The summed E-state index contributed by atoms with van der Waals surface area (Å²) in [5.41, 5.74) is 8.11. The van der Waals surface area contributed by atoms with Crippen LogP contribution in [-0.2, 0) is 0 Å². The Morgan fingerprint density at radius 1 is 1.17 bits per heavy atom. The van der Waals surface area contributed by atoms with Gasteiger partial charge in [0.1, 0.15) is 5.75 Å². The second-order valence-electron chi connectivity index (χ2n) is 4.09. The van der Waals surface area contributed by atoms with Crippen LogP contribution >= 0.6 is 11.6 Å². The lowest BCUT2D eigenvalue weighted by Crippen LogP contribution is -2.14. The molecule has 0 saturated carbocycles. The van der Waals surface area contributed by atoms with Crippen LogP contribution in [-0.4, -0.2) is 13.7 Å². The highest BCUT2D eigenvalue weighted by atomic mass is 35.5. The molecule has 0 aliphatic heterocycles. The van der Waals surface area contributed by atoms with Crippen LogP contribution in [0.5, 0.6) is 5.75 Å². The molecule has 2 nitrogen and oxygen atoms in total. The van der Waals surface area contributed by atoms with E-state index < -0.39 is 0 Å². The van der Waals surface area contributed by atoms with Gasteiger partial charge in [-0.15, -0.1) is 0 Å². The molecule has 2 aromatic rings. The summed E-state index contributed by atoms with van der Waals surface area (Å²) in [5, 5.41) is 0.723. The Hall–Kier alpha value is -1.51. The minimum atomic E-state index is 0.0971. The SMILES string of the molecule is COc1ccccc1C(CN)c1cccc(Cl)c1. The average molecular weight is 262 g/mol. The maximum absolute atomic E-state index is 6.03. The van der Waals surface area contributed by atoms with Gasteiger partial charge in [0.25, 0.3) is 0 Å². The Morgan fingerprint density at radius 3 is 2.61 bits per heavy atom. The van der Waals surface area contributed by atoms with Crippen LogP contribution in [0.4, 0.5) is 0 Å². The Morgan fingerprint density at radius 2 is 1.94 bits per heavy atom. The largest absolute Gasteiger partial charge is 0.496 e. The van der Waals surface area contributed by atoms with E-state index in [9.17, 15) is 0 Å². The van der Waals surface area contributed by atoms with E-state index >= 15 is 0 Å². The van der Waals surface area contributed by atoms with E-state index in [1.807, 2.05) is 48.5 Å². The molecule has 1 unspecified atom stereocenters. The number of rotatable bonds is 4. The van der Waals surface area contributed by atoms with E-state index in [-0.39, 0.29) is 5.92 Å². The minimum Gasteiger partial charge on any atom is -0.496 e. The van der Waals surface area contributed by atoms with Crippen molar-refractivity contribution in [2.75, 3.05) is 13.7 Å². The zero-order valence-corrected chi connectivity index (χ0v) is 11.0. The Balaban J connectivity index is 2.45. The summed E-state index contributed by atoms with van der Waals surface area (Å²) in [6, 6.07) is 15.7. The van der Waals surface area contributed by atoms with Gasteiger partial charge in [0.15, 0.2) is 0 Å². The second-order valence-corrected chi connectivity index (χ2v) is 4.52. The molecule has 0 fully saturated rings. The van der Waals surface area contributed by atoms with Gasteiger partial charge in [0.05, 0.1) is 7.11 Å². The van der Waals surface area contributed by atoms with Gasteiger partial charge in [0.2, 0.25) is 0 Å². The lowest BCUT2D eigenvalue weighted by Gasteiger charge is -2.18. The molecule has 2 N–H and O–H groups in total. The van der Waals surface area contributed by atoms with Crippen molar-refractivity contribution in [1.29, 1.82) is 0 Å². The highest BCUT2D eigenvalue weighted by Gasteiger charge is 2.16. The standard InChI is InChI=1S/C15H16ClNO/c1-18-15-8-3-2-7-13(15)14(10-17)11-5-4-6-12(16)9-11/h2-9,14H,10,17H2,1H3. The first-order valence-electron chi connectivity index (χ1n) is 5.84. The highest BCUT2D eigenvalue weighted by Crippen LogP contribution is 2.31. The van der Waals surface area contributed by atoms with Gasteiger partial charge in [-0.1, -0.05) is 41.9 Å². The Kier molecular flexibility index (Phi) is 4.24. The summed E-state index contributed by atoms with van der Waals surface area (Å²) in [4.78, 5) is 0. The molecule has 3 heteroatoms. The summed E-state index contributed by atoms with van der Waals surface area (Å²) in [6.45, 7) is 0.515. The van der Waals surface area contributed by atoms with Crippen molar-refractivity contribution in [3.63, 3.8) is 0 Å². The van der Waals surface area contributed by atoms with E-state index in [2.05, 4.69) is 0 Å². The number of hydrogen-bond acceptors (Lipinski definition) is 2. The normalized spacial score (nSPS) is 12.2. The molecular formula is C15H16ClNO. The van der Waals surface area contributed by atoms with Gasteiger partial charge in [-0.25, -0.2) is 0 Å². The fraction of sp³-hybridized carbons (Fsp3) is 0.200. The third-order valence-electron chi connectivity index (χ3n) is 3.00. The fourth-order valence-electron chi connectivity index (χ4n) is 2.12. The van der Waals surface area contributed by atoms with Gasteiger partial charge in [-0.05, 0) is 23.8 Å². The van der Waals surface area contributed by atoms with Crippen molar-refractivity contribution in [1.82, 2.24) is 0 Å². The maximum atomic E-state index is 6.03. The van der Waals surface area contributed by atoms with Gasteiger partial charge in [-0.3, -0.25) is 0 Å². The summed E-state index contributed by atoms with van der Waals surface area (Å²) in [5.74, 6) is 0.952. The third-order valence-corrected chi connectivity index (χ3v) is 3.24. The molecule has 0 aliphatic rings. The van der Waals surface area contributed by atoms with Gasteiger partial charge in [0, 0.05) is 23.0 Å². The first-order chi connectivity index (χ1) is 8.76. The molecule has 0 bridgehead atoms. The number of nitrogens with two attached hydrogens (primary N) is 1. The highest BCUT2D eigenvalue weighted by molar-refractivity contribution is 6.30. The lowest BCUT2D eigenvalue weighted by atomic mass is 9.91. The Labute approximate surface area is 112 Å². The molecular weight excluding hydrogens is 246 g/mol. The molecule has 2 aromatic carbocycles. The van der Waals surface area contributed by atoms with Crippen LogP contribution in [0.25, 0.3) is 0 Å². The number of para-hydroxylation sites is 1. The lowest BCUT2D eigenvalue weighted by molar-refractivity contribution is 0.407. The van der Waals surface area contributed by atoms with Crippen LogP contribution < -0.4 is 10.5 Å². The number of ether oxygens (including phenoxy) is 1. The molecule has 0 spiro atoms. The topological polar surface area (TPSA) is 35.2 Å². The van der Waals surface area contributed by atoms with E-state index in [1.54, 1.807) is 7.11 Å². The molecule has 1 atom stereocenters. The van der Waals surface area contributed by atoms with Crippen molar-refractivity contribution in [3.05, 3.63) is 64.7 Å². The van der Waals surface area contributed by atoms with Crippen molar-refractivity contribution < 1.29 is 4.74 Å². The number of methoxy groups -OCH3 is 1. The monoisotopic (exact) mass is 261 g/mol. The number of benzene rings is 2.